The quantitative estimate of drug-likeness (QED) is 0.517. The molecule has 5 nitrogen and oxygen atoms in total. The molecule has 1 amide bonds. The van der Waals surface area contributed by atoms with Gasteiger partial charge in [0.15, 0.2) is 0 Å². The number of aromatic nitrogens is 1. The molecule has 0 spiro atoms. The van der Waals surface area contributed by atoms with Gasteiger partial charge in [-0.2, -0.15) is 0 Å². The van der Waals surface area contributed by atoms with E-state index in [1.807, 2.05) is 5.43 Å². The molecule has 0 aliphatic heterocycles. The molecular weight excluding hydrogens is 301 g/mol. The van der Waals surface area contributed by atoms with Crippen LogP contribution in [-0.4, -0.2) is 10.9 Å². The van der Waals surface area contributed by atoms with Crippen LogP contribution in [0.4, 0.5) is 0 Å². The number of nitrogens with two attached hydrogens (primary N) is 1. The van der Waals surface area contributed by atoms with Gasteiger partial charge >= 0.3 is 0 Å². The lowest BCUT2D eigenvalue weighted by Gasteiger charge is -2.07. The molecule has 1 aromatic carbocycles. The van der Waals surface area contributed by atoms with Crippen LogP contribution in [0.2, 0.25) is 10.0 Å². The number of amides is 1. The fourth-order valence-corrected chi connectivity index (χ4v) is 1.77. The van der Waals surface area contributed by atoms with Gasteiger partial charge in [-0.3, -0.25) is 10.2 Å². The molecular formula is C13H11Cl2N3O2. The molecule has 7 heteroatoms. The minimum Gasteiger partial charge on any atom is -0.487 e. The maximum absolute atomic E-state index is 11.4. The van der Waals surface area contributed by atoms with E-state index in [0.29, 0.717) is 21.5 Å². The summed E-state index contributed by atoms with van der Waals surface area (Å²) >= 11 is 11.7. The zero-order valence-electron chi connectivity index (χ0n) is 10.3. The van der Waals surface area contributed by atoms with Crippen molar-refractivity contribution >= 4 is 29.1 Å². The number of nitrogens with one attached hydrogen (secondary N) is 1. The second kappa shape index (κ2) is 6.56. The number of hydrazine groups is 1. The molecule has 0 aliphatic carbocycles. The van der Waals surface area contributed by atoms with Gasteiger partial charge in [0.25, 0.3) is 5.91 Å². The van der Waals surface area contributed by atoms with Gasteiger partial charge < -0.3 is 4.74 Å². The van der Waals surface area contributed by atoms with E-state index in [1.54, 1.807) is 36.4 Å². The highest BCUT2D eigenvalue weighted by Crippen LogP contribution is 2.26. The normalized spacial score (nSPS) is 10.2. The van der Waals surface area contributed by atoms with Crippen LogP contribution < -0.4 is 16.0 Å². The molecule has 2 rings (SSSR count). The number of hydrogen-bond donors (Lipinski definition) is 2. The Labute approximate surface area is 125 Å². The summed E-state index contributed by atoms with van der Waals surface area (Å²) in [6.07, 6.45) is 0. The molecule has 104 valence electrons. The van der Waals surface area contributed by atoms with Crippen molar-refractivity contribution < 1.29 is 9.53 Å². The monoisotopic (exact) mass is 311 g/mol. The Morgan fingerprint density at radius 2 is 2.05 bits per heavy atom. The number of carbonyl (C=O) groups is 1. The van der Waals surface area contributed by atoms with E-state index in [2.05, 4.69) is 4.98 Å². The first-order chi connectivity index (χ1) is 9.60. The van der Waals surface area contributed by atoms with Gasteiger partial charge in [0, 0.05) is 6.07 Å². The fraction of sp³-hybridized carbons (Fsp3) is 0.0769. The van der Waals surface area contributed by atoms with E-state index < -0.39 is 5.91 Å². The van der Waals surface area contributed by atoms with E-state index in [9.17, 15) is 4.79 Å². The zero-order chi connectivity index (χ0) is 14.5. The van der Waals surface area contributed by atoms with Crippen LogP contribution in [0.3, 0.4) is 0 Å². The Kier molecular flexibility index (Phi) is 4.79. The van der Waals surface area contributed by atoms with E-state index >= 15 is 0 Å². The van der Waals surface area contributed by atoms with Crippen LogP contribution in [0.25, 0.3) is 0 Å². The summed E-state index contributed by atoms with van der Waals surface area (Å²) in [4.78, 5) is 15.5. The maximum atomic E-state index is 11.4. The van der Waals surface area contributed by atoms with Crippen molar-refractivity contribution in [1.29, 1.82) is 0 Å². The topological polar surface area (TPSA) is 77.2 Å². The summed E-state index contributed by atoms with van der Waals surface area (Å²) in [5.41, 5.74) is 2.84. The van der Waals surface area contributed by atoms with Gasteiger partial charge in [-0.1, -0.05) is 29.3 Å². The van der Waals surface area contributed by atoms with Gasteiger partial charge in [-0.05, 0) is 24.3 Å². The van der Waals surface area contributed by atoms with Crippen LogP contribution in [0, 0.1) is 0 Å². The largest absolute Gasteiger partial charge is 0.487 e. The van der Waals surface area contributed by atoms with Crippen molar-refractivity contribution in [2.75, 3.05) is 0 Å². The maximum Gasteiger partial charge on any atom is 0.283 e. The van der Waals surface area contributed by atoms with Crippen LogP contribution in [0.1, 0.15) is 16.2 Å². The number of benzene rings is 1. The van der Waals surface area contributed by atoms with Crippen molar-refractivity contribution in [2.45, 2.75) is 6.61 Å². The van der Waals surface area contributed by atoms with Crippen LogP contribution in [-0.2, 0) is 6.61 Å². The Morgan fingerprint density at radius 3 is 2.75 bits per heavy atom. The molecule has 0 saturated heterocycles. The van der Waals surface area contributed by atoms with E-state index in [0.717, 1.165) is 0 Å². The van der Waals surface area contributed by atoms with E-state index in [1.165, 1.54) is 0 Å². The third-order valence-corrected chi connectivity index (χ3v) is 3.19. The SMILES string of the molecule is NNC(=O)c1cccc(COc2ccc(Cl)c(Cl)c2)n1. The number of rotatable bonds is 4. The van der Waals surface area contributed by atoms with Crippen LogP contribution in [0.15, 0.2) is 36.4 Å². The van der Waals surface area contributed by atoms with Crippen molar-refractivity contribution in [3.8, 4) is 5.75 Å². The molecule has 0 radical (unpaired) electrons. The van der Waals surface area contributed by atoms with Gasteiger partial charge in [0.1, 0.15) is 18.1 Å². The average molecular weight is 312 g/mol. The fourth-order valence-electron chi connectivity index (χ4n) is 1.48. The predicted octanol–water partition coefficient (Wildman–Crippen LogP) is 2.57. The molecule has 1 aromatic heterocycles. The Balaban J connectivity index is 2.07. The molecule has 0 aliphatic rings. The second-order valence-electron chi connectivity index (χ2n) is 3.85. The average Bonchev–Trinajstić information content (AvgIpc) is 2.48. The summed E-state index contributed by atoms with van der Waals surface area (Å²) in [5, 5.41) is 0.868. The Morgan fingerprint density at radius 1 is 1.25 bits per heavy atom. The summed E-state index contributed by atoms with van der Waals surface area (Å²) in [6, 6.07) is 9.96. The molecule has 0 unspecified atom stereocenters. The number of ether oxygens (including phenoxy) is 1. The van der Waals surface area contributed by atoms with E-state index in [-0.39, 0.29) is 12.3 Å². The molecule has 1 heterocycles. The summed E-state index contributed by atoms with van der Waals surface area (Å²) in [6.45, 7) is 0.198. The number of pyridine rings is 1. The summed E-state index contributed by atoms with van der Waals surface area (Å²) < 4.78 is 5.53. The van der Waals surface area contributed by atoms with E-state index in [4.69, 9.17) is 33.8 Å². The third-order valence-electron chi connectivity index (χ3n) is 2.45. The number of nitrogen functional groups attached to an aromatic ring is 1. The highest BCUT2D eigenvalue weighted by molar-refractivity contribution is 6.42. The molecule has 2 aromatic rings. The number of nitrogens with zero attached hydrogens (tertiary/aromatic N) is 1. The summed E-state index contributed by atoms with van der Waals surface area (Å²) in [7, 11) is 0. The molecule has 0 atom stereocenters. The zero-order valence-corrected chi connectivity index (χ0v) is 11.8. The highest BCUT2D eigenvalue weighted by Gasteiger charge is 2.06. The molecule has 0 bridgehead atoms. The lowest BCUT2D eigenvalue weighted by atomic mass is 10.3. The first kappa shape index (κ1) is 14.6. The van der Waals surface area contributed by atoms with Gasteiger partial charge in [-0.25, -0.2) is 10.8 Å². The lowest BCUT2D eigenvalue weighted by molar-refractivity contribution is 0.0948. The van der Waals surface area contributed by atoms with Crippen molar-refractivity contribution in [1.82, 2.24) is 10.4 Å². The number of carbonyl (C=O) groups excluding carboxylic acids is 1. The van der Waals surface area contributed by atoms with Crippen LogP contribution >= 0.6 is 23.2 Å². The first-order valence-corrected chi connectivity index (χ1v) is 6.40. The second-order valence-corrected chi connectivity index (χ2v) is 4.67. The standard InChI is InChI=1S/C13H11Cl2N3O2/c14-10-5-4-9(6-11(10)15)20-7-8-2-1-3-12(17-8)13(19)18-16/h1-6H,7,16H2,(H,18,19). The Hall–Kier alpha value is -1.82. The molecule has 20 heavy (non-hydrogen) atoms. The third kappa shape index (κ3) is 3.60. The number of hydrogen-bond acceptors (Lipinski definition) is 4. The minimum atomic E-state index is -0.457. The van der Waals surface area contributed by atoms with Crippen molar-refractivity contribution in [3.05, 3.63) is 57.8 Å². The van der Waals surface area contributed by atoms with Crippen molar-refractivity contribution in [2.24, 2.45) is 5.84 Å². The minimum absolute atomic E-state index is 0.198. The van der Waals surface area contributed by atoms with Crippen LogP contribution in [0.5, 0.6) is 5.75 Å². The molecule has 0 fully saturated rings. The molecule has 0 saturated carbocycles. The Bertz CT molecular complexity index is 635. The van der Waals surface area contributed by atoms with Gasteiger partial charge in [0.05, 0.1) is 15.7 Å². The van der Waals surface area contributed by atoms with Gasteiger partial charge in [0.2, 0.25) is 0 Å². The lowest BCUT2D eigenvalue weighted by Crippen LogP contribution is -2.30. The van der Waals surface area contributed by atoms with Crippen molar-refractivity contribution in [3.63, 3.8) is 0 Å². The number of halogens is 2. The van der Waals surface area contributed by atoms with Gasteiger partial charge in [-0.15, -0.1) is 0 Å². The highest BCUT2D eigenvalue weighted by atomic mass is 35.5. The first-order valence-electron chi connectivity index (χ1n) is 5.65. The smallest absolute Gasteiger partial charge is 0.283 e. The predicted molar refractivity (Wildman–Crippen MR) is 76.7 cm³/mol. The summed E-state index contributed by atoms with van der Waals surface area (Å²) in [5.74, 6) is 5.16. The molecule has 3 N–H and O–H groups in total.